The van der Waals surface area contributed by atoms with E-state index in [0.29, 0.717) is 0 Å². The molecule has 0 amide bonds. The molecule has 0 spiro atoms. The third-order valence-corrected chi connectivity index (χ3v) is 1.58. The van der Waals surface area contributed by atoms with Gasteiger partial charge in [-0.3, -0.25) is 0 Å². The fourth-order valence-electron chi connectivity index (χ4n) is 0.716. The molecule has 1 atom stereocenters. The van der Waals surface area contributed by atoms with Crippen LogP contribution >= 0.6 is 8.25 Å². The molecule has 0 bridgehead atoms. The number of rotatable bonds is 3. The molecule has 12 heavy (non-hydrogen) atoms. The Balaban J connectivity index is 0.00000121. The Kier molecular flexibility index (Phi) is 8.04. The van der Waals surface area contributed by atoms with Crippen molar-refractivity contribution in [2.45, 2.75) is 6.61 Å². The maximum absolute atomic E-state index is 10.0. The maximum Gasteiger partial charge on any atom is 1.00 e. The van der Waals surface area contributed by atoms with Gasteiger partial charge in [-0.2, -0.15) is 0 Å². The van der Waals surface area contributed by atoms with Crippen LogP contribution in [0.4, 0.5) is 0 Å². The molecular formula is C7H8KO3P. The molecule has 1 aromatic rings. The molecule has 1 unspecified atom stereocenters. The van der Waals surface area contributed by atoms with Crippen LogP contribution in [0, 0.1) is 0 Å². The molecule has 3 nitrogen and oxygen atoms in total. The van der Waals surface area contributed by atoms with Gasteiger partial charge in [-0.25, -0.2) is 0 Å². The van der Waals surface area contributed by atoms with Crippen molar-refractivity contribution in [1.29, 1.82) is 0 Å². The third kappa shape index (κ3) is 5.62. The molecule has 0 radical (unpaired) electrons. The normalized spacial score (nSPS) is 11.8. The Bertz CT molecular complexity index is 240. The Labute approximate surface area is 115 Å². The van der Waals surface area contributed by atoms with Gasteiger partial charge in [-0.05, 0) is 5.56 Å². The largest absolute Gasteiger partial charge is 1.00 e. The Hall–Kier alpha value is 1.01. The van der Waals surface area contributed by atoms with Crippen molar-refractivity contribution in [1.82, 2.24) is 0 Å². The van der Waals surface area contributed by atoms with Gasteiger partial charge >= 0.3 is 51.4 Å². The maximum atomic E-state index is 10.0. The topological polar surface area (TPSA) is 49.4 Å². The predicted molar refractivity (Wildman–Crippen MR) is 40.2 cm³/mol. The smallest absolute Gasteiger partial charge is 0.781 e. The van der Waals surface area contributed by atoms with Crippen LogP contribution in [0.15, 0.2) is 30.3 Å². The van der Waals surface area contributed by atoms with Crippen molar-refractivity contribution < 1.29 is 65.4 Å². The first kappa shape index (κ1) is 13.0. The van der Waals surface area contributed by atoms with Gasteiger partial charge in [0.15, 0.2) is 0 Å². The second-order valence-corrected chi connectivity index (χ2v) is 2.81. The van der Waals surface area contributed by atoms with Crippen molar-refractivity contribution in [3.63, 3.8) is 0 Å². The fourth-order valence-corrected chi connectivity index (χ4v) is 1.00. The van der Waals surface area contributed by atoms with E-state index in [1.54, 1.807) is 0 Å². The van der Waals surface area contributed by atoms with Gasteiger partial charge in [0, 0.05) is 0 Å². The molecule has 1 aromatic carbocycles. The van der Waals surface area contributed by atoms with Gasteiger partial charge in [0.2, 0.25) is 0 Å². The number of hydrogen-bond acceptors (Lipinski definition) is 3. The summed E-state index contributed by atoms with van der Waals surface area (Å²) in [6.07, 6.45) is 0. The fraction of sp³-hybridized carbons (Fsp3) is 0.143. The molecule has 0 saturated heterocycles. The molecule has 0 fully saturated rings. The molecule has 5 heteroatoms. The minimum absolute atomic E-state index is 0. The Morgan fingerprint density at radius 1 is 1.33 bits per heavy atom. The molecule has 60 valence electrons. The minimum atomic E-state index is -3.03. The van der Waals surface area contributed by atoms with E-state index < -0.39 is 8.25 Å². The van der Waals surface area contributed by atoms with Crippen LogP contribution in [0.2, 0.25) is 0 Å². The summed E-state index contributed by atoms with van der Waals surface area (Å²) in [5.41, 5.74) is 0.863. The van der Waals surface area contributed by atoms with E-state index >= 15 is 0 Å². The quantitative estimate of drug-likeness (QED) is 0.426. The van der Waals surface area contributed by atoms with Gasteiger partial charge in [-0.1, -0.05) is 30.3 Å². The van der Waals surface area contributed by atoms with E-state index in [-0.39, 0.29) is 58.0 Å². The summed E-state index contributed by atoms with van der Waals surface area (Å²) < 4.78 is 14.4. The predicted octanol–water partition coefficient (Wildman–Crippen LogP) is -2.04. The van der Waals surface area contributed by atoms with Crippen molar-refractivity contribution in [2.75, 3.05) is 0 Å². The summed E-state index contributed by atoms with van der Waals surface area (Å²) in [7, 11) is -3.03. The molecule has 1 rings (SSSR count). The first-order valence-electron chi connectivity index (χ1n) is 3.17. The first-order valence-corrected chi connectivity index (χ1v) is 4.39. The van der Waals surface area contributed by atoms with E-state index in [1.807, 2.05) is 30.3 Å². The van der Waals surface area contributed by atoms with Crippen LogP contribution in [-0.4, -0.2) is 0 Å². The number of benzene rings is 1. The zero-order valence-electron chi connectivity index (χ0n) is 6.82. The van der Waals surface area contributed by atoms with E-state index in [2.05, 4.69) is 4.52 Å². The summed E-state index contributed by atoms with van der Waals surface area (Å²) in [5, 5.41) is 0. The molecule has 0 aliphatic heterocycles. The van der Waals surface area contributed by atoms with Crippen LogP contribution in [0.25, 0.3) is 0 Å². The van der Waals surface area contributed by atoms with Crippen LogP contribution in [0.5, 0.6) is 0 Å². The monoisotopic (exact) mass is 210 g/mol. The molecule has 0 aliphatic rings. The van der Waals surface area contributed by atoms with Crippen LogP contribution < -0.4 is 56.3 Å². The van der Waals surface area contributed by atoms with Crippen LogP contribution in [-0.2, 0) is 15.7 Å². The molecule has 0 N–H and O–H groups in total. The Morgan fingerprint density at radius 2 is 1.92 bits per heavy atom. The summed E-state index contributed by atoms with van der Waals surface area (Å²) in [6.45, 7) is 0.141. The standard InChI is InChI=1S/C7H9O3P.K/c8-11(9)10-6-7-4-2-1-3-5-7;/h1-5,11H,6H2,(H,8,9);/q;+1/p-1. The molecular weight excluding hydrogens is 202 g/mol. The summed E-state index contributed by atoms with van der Waals surface area (Å²) in [4.78, 5) is 10.0. The molecule has 0 aliphatic carbocycles. The average Bonchev–Trinajstić information content (AvgIpc) is 2.03. The summed E-state index contributed by atoms with van der Waals surface area (Å²) in [5.74, 6) is 0. The SMILES string of the molecule is O=[PH]([O-])OCc1ccccc1.[K+]. The van der Waals surface area contributed by atoms with E-state index in [0.717, 1.165) is 5.56 Å². The van der Waals surface area contributed by atoms with Gasteiger partial charge < -0.3 is 14.0 Å². The summed E-state index contributed by atoms with van der Waals surface area (Å²) in [6, 6.07) is 9.15. The third-order valence-electron chi connectivity index (χ3n) is 1.20. The van der Waals surface area contributed by atoms with Crippen molar-refractivity contribution >= 4 is 8.25 Å². The van der Waals surface area contributed by atoms with E-state index in [9.17, 15) is 9.46 Å². The van der Waals surface area contributed by atoms with Crippen LogP contribution in [0.1, 0.15) is 5.56 Å². The minimum Gasteiger partial charge on any atom is -0.781 e. The first-order chi connectivity index (χ1) is 5.29. The van der Waals surface area contributed by atoms with Gasteiger partial charge in [-0.15, -0.1) is 0 Å². The van der Waals surface area contributed by atoms with E-state index in [4.69, 9.17) is 0 Å². The van der Waals surface area contributed by atoms with Crippen LogP contribution in [0.3, 0.4) is 0 Å². The van der Waals surface area contributed by atoms with Gasteiger partial charge in [0.1, 0.15) is 8.25 Å². The Morgan fingerprint density at radius 3 is 2.42 bits per heavy atom. The summed E-state index contributed by atoms with van der Waals surface area (Å²) >= 11 is 0. The van der Waals surface area contributed by atoms with Gasteiger partial charge in [0.25, 0.3) is 0 Å². The zero-order chi connectivity index (χ0) is 8.10. The number of hydrogen-bond donors (Lipinski definition) is 0. The molecule has 0 saturated carbocycles. The zero-order valence-corrected chi connectivity index (χ0v) is 10.9. The van der Waals surface area contributed by atoms with Crippen molar-refractivity contribution in [3.05, 3.63) is 35.9 Å². The molecule has 0 heterocycles. The van der Waals surface area contributed by atoms with Crippen molar-refractivity contribution in [2.24, 2.45) is 0 Å². The second kappa shape index (κ2) is 7.41. The molecule has 0 aromatic heterocycles. The van der Waals surface area contributed by atoms with E-state index in [1.165, 1.54) is 0 Å². The average molecular weight is 210 g/mol. The second-order valence-electron chi connectivity index (χ2n) is 2.02. The van der Waals surface area contributed by atoms with Gasteiger partial charge in [0.05, 0.1) is 6.61 Å². The van der Waals surface area contributed by atoms with Crippen molar-refractivity contribution in [3.8, 4) is 0 Å².